The molecule has 4 heteroatoms. The van der Waals surface area contributed by atoms with E-state index in [1.165, 1.54) is 19.3 Å². The molecule has 1 fully saturated rings. The second-order valence-corrected chi connectivity index (χ2v) is 5.81. The Morgan fingerprint density at radius 1 is 1.42 bits per heavy atom. The molecule has 1 aromatic rings. The maximum atomic E-state index is 12.2. The lowest BCUT2D eigenvalue weighted by Crippen LogP contribution is -2.37. The lowest BCUT2D eigenvalue weighted by Gasteiger charge is -2.28. The Hall–Kier alpha value is -1.09. The van der Waals surface area contributed by atoms with E-state index in [0.717, 1.165) is 24.5 Å². The number of nitrogens with one attached hydrogen (secondary N) is 1. The van der Waals surface area contributed by atoms with Gasteiger partial charge in [-0.3, -0.25) is 9.78 Å². The van der Waals surface area contributed by atoms with Crippen molar-refractivity contribution in [1.29, 1.82) is 0 Å². The van der Waals surface area contributed by atoms with Gasteiger partial charge in [0.25, 0.3) is 5.91 Å². The zero-order chi connectivity index (χ0) is 13.8. The minimum absolute atomic E-state index is 0.0996. The minimum atomic E-state index is -0.0996. The normalized spacial score (nSPS) is 23.1. The van der Waals surface area contributed by atoms with Crippen LogP contribution in [-0.4, -0.2) is 16.9 Å². The molecule has 0 saturated heterocycles. The predicted molar refractivity (Wildman–Crippen MR) is 77.5 cm³/mol. The molecule has 1 amide bonds. The van der Waals surface area contributed by atoms with Crippen molar-refractivity contribution in [3.63, 3.8) is 0 Å². The molecule has 1 aliphatic rings. The van der Waals surface area contributed by atoms with Gasteiger partial charge in [-0.15, -0.1) is 0 Å². The maximum absolute atomic E-state index is 12.2. The predicted octanol–water partition coefficient (Wildman–Crippen LogP) is 3.74. The first-order chi connectivity index (χ1) is 9.10. The smallest absolute Gasteiger partial charge is 0.254 e. The molecular weight excluding hydrogens is 260 g/mol. The second kappa shape index (κ2) is 6.38. The van der Waals surface area contributed by atoms with E-state index < -0.39 is 0 Å². The van der Waals surface area contributed by atoms with Crippen LogP contribution in [0.1, 0.15) is 55.1 Å². The molecule has 1 heterocycles. The van der Waals surface area contributed by atoms with Crippen LogP contribution in [0.5, 0.6) is 0 Å². The molecule has 1 aromatic heterocycles. The van der Waals surface area contributed by atoms with Crippen LogP contribution in [0.3, 0.4) is 0 Å². The fourth-order valence-corrected chi connectivity index (χ4v) is 2.96. The van der Waals surface area contributed by atoms with Crippen LogP contribution < -0.4 is 5.32 Å². The Kier molecular flexibility index (Phi) is 4.81. The summed E-state index contributed by atoms with van der Waals surface area (Å²) in [5.74, 6) is 0.732. The SMILES string of the molecule is CCC1CCC(NC(=O)c2cnc(C)cc2Cl)CC1. The van der Waals surface area contributed by atoms with Crippen LogP contribution in [0.4, 0.5) is 0 Å². The van der Waals surface area contributed by atoms with Crippen LogP contribution in [-0.2, 0) is 0 Å². The molecule has 0 aromatic carbocycles. The number of pyridine rings is 1. The standard InChI is InChI=1S/C15H21ClN2O/c1-3-11-4-6-12(7-5-11)18-15(19)13-9-17-10(2)8-14(13)16/h8-9,11-12H,3-7H2,1-2H3,(H,18,19). The molecule has 2 rings (SSSR count). The second-order valence-electron chi connectivity index (χ2n) is 5.40. The molecule has 0 bridgehead atoms. The molecule has 1 aliphatic carbocycles. The number of halogens is 1. The molecule has 1 N–H and O–H groups in total. The third-order valence-corrected chi connectivity index (χ3v) is 4.31. The van der Waals surface area contributed by atoms with Crippen molar-refractivity contribution in [2.45, 2.75) is 52.0 Å². The average Bonchev–Trinajstić information content (AvgIpc) is 2.39. The summed E-state index contributed by atoms with van der Waals surface area (Å²) < 4.78 is 0. The first-order valence-corrected chi connectivity index (χ1v) is 7.41. The van der Waals surface area contributed by atoms with Crippen molar-refractivity contribution in [3.8, 4) is 0 Å². The minimum Gasteiger partial charge on any atom is -0.349 e. The van der Waals surface area contributed by atoms with Gasteiger partial charge in [-0.2, -0.15) is 0 Å². The first kappa shape index (κ1) is 14.3. The van der Waals surface area contributed by atoms with E-state index in [-0.39, 0.29) is 11.9 Å². The number of aryl methyl sites for hydroxylation is 1. The number of rotatable bonds is 3. The molecule has 1 saturated carbocycles. The molecule has 19 heavy (non-hydrogen) atoms. The van der Waals surface area contributed by atoms with E-state index in [0.29, 0.717) is 10.6 Å². The number of hydrogen-bond donors (Lipinski definition) is 1. The Balaban J connectivity index is 1.94. The summed E-state index contributed by atoms with van der Waals surface area (Å²) in [5, 5.41) is 3.56. The molecule has 0 atom stereocenters. The number of aromatic nitrogens is 1. The van der Waals surface area contributed by atoms with Gasteiger partial charge in [-0.05, 0) is 44.6 Å². The lowest BCUT2D eigenvalue weighted by molar-refractivity contribution is 0.0921. The van der Waals surface area contributed by atoms with Crippen LogP contribution >= 0.6 is 11.6 Å². The summed E-state index contributed by atoms with van der Waals surface area (Å²) in [4.78, 5) is 16.3. The number of amides is 1. The summed E-state index contributed by atoms with van der Waals surface area (Å²) in [6.07, 6.45) is 7.37. The van der Waals surface area contributed by atoms with E-state index in [4.69, 9.17) is 11.6 Å². The summed E-state index contributed by atoms with van der Waals surface area (Å²) in [6, 6.07) is 2.01. The van der Waals surface area contributed by atoms with Crippen molar-refractivity contribution in [2.75, 3.05) is 0 Å². The zero-order valence-corrected chi connectivity index (χ0v) is 12.3. The fraction of sp³-hybridized carbons (Fsp3) is 0.600. The number of carbonyl (C=O) groups excluding carboxylic acids is 1. The zero-order valence-electron chi connectivity index (χ0n) is 11.6. The summed E-state index contributed by atoms with van der Waals surface area (Å²) in [7, 11) is 0. The molecule has 3 nitrogen and oxygen atoms in total. The highest BCUT2D eigenvalue weighted by Gasteiger charge is 2.22. The third-order valence-electron chi connectivity index (χ3n) is 3.99. The largest absolute Gasteiger partial charge is 0.349 e. The topological polar surface area (TPSA) is 42.0 Å². The van der Waals surface area contributed by atoms with Crippen molar-refractivity contribution < 1.29 is 4.79 Å². The Morgan fingerprint density at radius 3 is 2.68 bits per heavy atom. The Morgan fingerprint density at radius 2 is 2.11 bits per heavy atom. The van der Waals surface area contributed by atoms with E-state index in [1.807, 2.05) is 6.92 Å². The highest BCUT2D eigenvalue weighted by molar-refractivity contribution is 6.33. The van der Waals surface area contributed by atoms with Gasteiger partial charge in [-0.1, -0.05) is 24.9 Å². The molecular formula is C15H21ClN2O. The van der Waals surface area contributed by atoms with Gasteiger partial charge < -0.3 is 5.32 Å². The lowest BCUT2D eigenvalue weighted by atomic mass is 9.84. The summed E-state index contributed by atoms with van der Waals surface area (Å²) >= 11 is 6.09. The average molecular weight is 281 g/mol. The highest BCUT2D eigenvalue weighted by Crippen LogP contribution is 2.27. The quantitative estimate of drug-likeness (QED) is 0.916. The van der Waals surface area contributed by atoms with Gasteiger partial charge in [0.05, 0.1) is 10.6 Å². The Labute approximate surface area is 119 Å². The number of nitrogens with zero attached hydrogens (tertiary/aromatic N) is 1. The van der Waals surface area contributed by atoms with E-state index >= 15 is 0 Å². The van der Waals surface area contributed by atoms with Gasteiger partial charge in [0.15, 0.2) is 0 Å². The van der Waals surface area contributed by atoms with Crippen LogP contribution in [0.2, 0.25) is 5.02 Å². The molecule has 0 radical (unpaired) electrons. The van der Waals surface area contributed by atoms with Crippen molar-refractivity contribution in [3.05, 3.63) is 28.5 Å². The number of carbonyl (C=O) groups is 1. The monoisotopic (exact) mass is 280 g/mol. The first-order valence-electron chi connectivity index (χ1n) is 7.03. The van der Waals surface area contributed by atoms with Crippen molar-refractivity contribution in [2.24, 2.45) is 5.92 Å². The molecule has 0 unspecified atom stereocenters. The van der Waals surface area contributed by atoms with E-state index in [1.54, 1.807) is 12.3 Å². The maximum Gasteiger partial charge on any atom is 0.254 e. The van der Waals surface area contributed by atoms with Gasteiger partial charge >= 0.3 is 0 Å². The van der Waals surface area contributed by atoms with E-state index in [2.05, 4.69) is 17.2 Å². The van der Waals surface area contributed by atoms with E-state index in [9.17, 15) is 4.79 Å². The highest BCUT2D eigenvalue weighted by atomic mass is 35.5. The molecule has 104 valence electrons. The fourth-order valence-electron chi connectivity index (χ4n) is 2.67. The number of hydrogen-bond acceptors (Lipinski definition) is 2. The van der Waals surface area contributed by atoms with Crippen LogP contribution in [0.25, 0.3) is 0 Å². The third kappa shape index (κ3) is 3.69. The Bertz CT molecular complexity index is 453. The van der Waals surface area contributed by atoms with Crippen molar-refractivity contribution >= 4 is 17.5 Å². The van der Waals surface area contributed by atoms with Gasteiger partial charge in [0, 0.05) is 17.9 Å². The molecule has 0 spiro atoms. The van der Waals surface area contributed by atoms with Crippen LogP contribution in [0.15, 0.2) is 12.3 Å². The van der Waals surface area contributed by atoms with Gasteiger partial charge in [-0.25, -0.2) is 0 Å². The van der Waals surface area contributed by atoms with Crippen LogP contribution in [0, 0.1) is 12.8 Å². The summed E-state index contributed by atoms with van der Waals surface area (Å²) in [6.45, 7) is 4.10. The van der Waals surface area contributed by atoms with Gasteiger partial charge in [0.2, 0.25) is 0 Å². The van der Waals surface area contributed by atoms with Crippen molar-refractivity contribution in [1.82, 2.24) is 10.3 Å². The summed E-state index contributed by atoms with van der Waals surface area (Å²) in [5.41, 5.74) is 1.30. The molecule has 0 aliphatic heterocycles. The van der Waals surface area contributed by atoms with Gasteiger partial charge in [0.1, 0.15) is 0 Å².